The number of nitrogens with two attached hydrogens (primary N) is 1. The second-order valence-corrected chi connectivity index (χ2v) is 6.03. The van der Waals surface area contributed by atoms with Crippen LogP contribution in [0, 0.1) is 5.82 Å². The van der Waals surface area contributed by atoms with Crippen LogP contribution in [0.2, 0.25) is 0 Å². The number of carbonyl (C=O) groups excluding carboxylic acids is 1. The fourth-order valence-electron chi connectivity index (χ4n) is 2.49. The van der Waals surface area contributed by atoms with Crippen molar-refractivity contribution in [3.8, 4) is 0 Å². The van der Waals surface area contributed by atoms with Gasteiger partial charge in [0, 0.05) is 18.7 Å². The Morgan fingerprint density at radius 1 is 1.19 bits per heavy atom. The van der Waals surface area contributed by atoms with Gasteiger partial charge in [0.05, 0.1) is 17.4 Å². The molecule has 1 aromatic heterocycles. The number of pyridine rings is 1. The van der Waals surface area contributed by atoms with Gasteiger partial charge in [0.15, 0.2) is 0 Å². The average molecular weight is 385 g/mol. The molecule has 5 nitrogen and oxygen atoms in total. The minimum absolute atomic E-state index is 0.0519. The van der Waals surface area contributed by atoms with Gasteiger partial charge >= 0.3 is 6.18 Å². The van der Waals surface area contributed by atoms with Gasteiger partial charge in [-0.15, -0.1) is 0 Å². The first-order valence-electron chi connectivity index (χ1n) is 8.13. The lowest BCUT2D eigenvalue weighted by atomic mass is 9.97. The quantitative estimate of drug-likeness (QED) is 0.636. The number of hydrogen-bond acceptors (Lipinski definition) is 4. The number of aliphatic hydroxyl groups is 1. The summed E-state index contributed by atoms with van der Waals surface area (Å²) in [6.07, 6.45) is -4.47. The van der Waals surface area contributed by atoms with Crippen LogP contribution in [0.4, 0.5) is 17.6 Å². The van der Waals surface area contributed by atoms with Gasteiger partial charge in [-0.25, -0.2) is 4.39 Å². The van der Waals surface area contributed by atoms with Gasteiger partial charge in [-0.05, 0) is 30.2 Å². The smallest absolute Gasteiger partial charge is 0.391 e. The maximum atomic E-state index is 13.7. The molecule has 2 rings (SSSR count). The van der Waals surface area contributed by atoms with E-state index < -0.39 is 36.6 Å². The van der Waals surface area contributed by atoms with Crippen molar-refractivity contribution in [2.45, 2.75) is 31.2 Å². The molecule has 9 heteroatoms. The molecule has 0 aliphatic carbocycles. The number of nitrogens with zero attached hydrogens (tertiary/aromatic N) is 1. The van der Waals surface area contributed by atoms with Gasteiger partial charge in [-0.3, -0.25) is 9.78 Å². The molecule has 1 aromatic carbocycles. The van der Waals surface area contributed by atoms with Gasteiger partial charge in [0.25, 0.3) is 5.91 Å². The third-order valence-electron chi connectivity index (χ3n) is 3.89. The maximum Gasteiger partial charge on any atom is 0.405 e. The molecule has 0 saturated carbocycles. The monoisotopic (exact) mass is 385 g/mol. The molecule has 146 valence electrons. The van der Waals surface area contributed by atoms with Crippen molar-refractivity contribution >= 4 is 5.91 Å². The van der Waals surface area contributed by atoms with Gasteiger partial charge in [-0.1, -0.05) is 18.2 Å². The van der Waals surface area contributed by atoms with Crippen LogP contribution in [0.3, 0.4) is 0 Å². The minimum atomic E-state index is -4.54. The Kier molecular flexibility index (Phi) is 6.86. The molecule has 0 aliphatic heterocycles. The van der Waals surface area contributed by atoms with Crippen molar-refractivity contribution < 1.29 is 27.5 Å². The summed E-state index contributed by atoms with van der Waals surface area (Å²) in [5.74, 6) is -1.41. The summed E-state index contributed by atoms with van der Waals surface area (Å²) < 4.78 is 50.5. The summed E-state index contributed by atoms with van der Waals surface area (Å²) in [5, 5.41) is 12.1. The molecule has 2 aromatic rings. The van der Waals surface area contributed by atoms with E-state index in [1.54, 1.807) is 17.4 Å². The fourth-order valence-corrected chi connectivity index (χ4v) is 2.49. The molecule has 0 radical (unpaired) electrons. The zero-order valence-electron chi connectivity index (χ0n) is 14.2. The predicted molar refractivity (Wildman–Crippen MR) is 90.4 cm³/mol. The third kappa shape index (κ3) is 6.30. The summed E-state index contributed by atoms with van der Waals surface area (Å²) in [7, 11) is 0. The maximum absolute atomic E-state index is 13.7. The number of hydrogen-bond donors (Lipinski definition) is 3. The molecular weight excluding hydrogens is 366 g/mol. The Labute approximate surface area is 153 Å². The molecule has 0 unspecified atom stereocenters. The number of aliphatic hydroxyl groups excluding tert-OH is 1. The average Bonchev–Trinajstić information content (AvgIpc) is 2.61. The number of alkyl halides is 3. The van der Waals surface area contributed by atoms with Crippen LogP contribution in [0.1, 0.15) is 21.6 Å². The van der Waals surface area contributed by atoms with Gasteiger partial charge in [-0.2, -0.15) is 13.2 Å². The topological polar surface area (TPSA) is 88.2 Å². The second kappa shape index (κ2) is 8.92. The Balaban J connectivity index is 2.06. The van der Waals surface area contributed by atoms with E-state index in [0.717, 1.165) is 0 Å². The van der Waals surface area contributed by atoms with Crippen LogP contribution in [0.5, 0.6) is 0 Å². The van der Waals surface area contributed by atoms with Gasteiger partial charge in [0.2, 0.25) is 0 Å². The predicted octanol–water partition coefficient (Wildman–Crippen LogP) is 1.99. The van der Waals surface area contributed by atoms with E-state index in [9.17, 15) is 27.5 Å². The Hall–Kier alpha value is -2.52. The van der Waals surface area contributed by atoms with Gasteiger partial charge < -0.3 is 16.2 Å². The van der Waals surface area contributed by atoms with Crippen LogP contribution in [-0.2, 0) is 12.8 Å². The molecule has 2 atom stereocenters. The van der Waals surface area contributed by atoms with Gasteiger partial charge in [0.1, 0.15) is 12.4 Å². The third-order valence-corrected chi connectivity index (χ3v) is 3.89. The van der Waals surface area contributed by atoms with E-state index in [-0.39, 0.29) is 24.1 Å². The number of amides is 1. The van der Waals surface area contributed by atoms with Crippen LogP contribution < -0.4 is 11.1 Å². The van der Waals surface area contributed by atoms with Crippen LogP contribution >= 0.6 is 0 Å². The highest BCUT2D eigenvalue weighted by Crippen LogP contribution is 2.16. The minimum Gasteiger partial charge on any atom is -0.391 e. The van der Waals surface area contributed by atoms with E-state index in [0.29, 0.717) is 5.56 Å². The first-order valence-corrected chi connectivity index (χ1v) is 8.13. The molecule has 1 amide bonds. The largest absolute Gasteiger partial charge is 0.405 e. The number of nitrogens with one attached hydrogen (secondary N) is 1. The van der Waals surface area contributed by atoms with E-state index in [4.69, 9.17) is 5.73 Å². The van der Waals surface area contributed by atoms with Crippen molar-refractivity contribution in [1.82, 2.24) is 10.3 Å². The molecule has 0 aliphatic rings. The first-order chi connectivity index (χ1) is 12.7. The molecule has 0 bridgehead atoms. The Morgan fingerprint density at radius 2 is 1.89 bits per heavy atom. The molecule has 4 N–H and O–H groups in total. The van der Waals surface area contributed by atoms with Crippen molar-refractivity contribution in [2.24, 2.45) is 5.73 Å². The summed E-state index contributed by atoms with van der Waals surface area (Å²) in [6, 6.07) is 7.84. The zero-order chi connectivity index (χ0) is 20.0. The summed E-state index contributed by atoms with van der Waals surface area (Å²) in [6.45, 7) is -1.48. The summed E-state index contributed by atoms with van der Waals surface area (Å²) in [5.41, 5.74) is 6.26. The highest BCUT2D eigenvalue weighted by Gasteiger charge is 2.29. The number of aromatic nitrogens is 1. The molecule has 0 fully saturated rings. The summed E-state index contributed by atoms with van der Waals surface area (Å²) >= 11 is 0. The Bertz CT molecular complexity index is 783. The zero-order valence-corrected chi connectivity index (χ0v) is 14.2. The standard InChI is InChI=1S/C18H19F4N3O2/c19-13-6-2-1-4-11(13)8-14(23)16(26)9-15-12(5-3-7-24-15)17(27)25-10-18(20,21)22/h1-7,14,16,26H,8-10,23H2,(H,25,27)/t14-,16+/m1/s1. The molecule has 0 saturated heterocycles. The lowest BCUT2D eigenvalue weighted by Crippen LogP contribution is -2.39. The SMILES string of the molecule is N[C@H](Cc1ccccc1F)[C@@H](O)Cc1ncccc1C(=O)NCC(F)(F)F. The summed E-state index contributed by atoms with van der Waals surface area (Å²) in [4.78, 5) is 15.9. The van der Waals surface area contributed by atoms with E-state index in [1.807, 2.05) is 0 Å². The number of benzene rings is 1. The first kappa shape index (κ1) is 20.8. The van der Waals surface area contributed by atoms with E-state index in [1.165, 1.54) is 30.5 Å². The molecular formula is C18H19F4N3O2. The molecule has 27 heavy (non-hydrogen) atoms. The second-order valence-electron chi connectivity index (χ2n) is 6.03. The van der Waals surface area contributed by atoms with Crippen molar-refractivity contribution in [3.05, 3.63) is 65.2 Å². The highest BCUT2D eigenvalue weighted by molar-refractivity contribution is 5.95. The van der Waals surface area contributed by atoms with Crippen molar-refractivity contribution in [2.75, 3.05) is 6.54 Å². The van der Waals surface area contributed by atoms with Crippen LogP contribution in [-0.4, -0.2) is 40.9 Å². The molecule has 1 heterocycles. The number of halogens is 4. The van der Waals surface area contributed by atoms with Crippen molar-refractivity contribution in [1.29, 1.82) is 0 Å². The highest BCUT2D eigenvalue weighted by atomic mass is 19.4. The van der Waals surface area contributed by atoms with Crippen molar-refractivity contribution in [3.63, 3.8) is 0 Å². The number of carbonyl (C=O) groups is 1. The Morgan fingerprint density at radius 3 is 2.56 bits per heavy atom. The van der Waals surface area contributed by atoms with Crippen LogP contribution in [0.25, 0.3) is 0 Å². The number of rotatable bonds is 7. The van der Waals surface area contributed by atoms with Crippen LogP contribution in [0.15, 0.2) is 42.6 Å². The molecule has 0 spiro atoms. The normalized spacial score (nSPS) is 13.9. The lowest BCUT2D eigenvalue weighted by molar-refractivity contribution is -0.123. The fraction of sp³-hybridized carbons (Fsp3) is 0.333. The van der Waals surface area contributed by atoms with E-state index in [2.05, 4.69) is 4.98 Å². The van der Waals surface area contributed by atoms with E-state index >= 15 is 0 Å². The lowest BCUT2D eigenvalue weighted by Gasteiger charge is -2.20.